The van der Waals surface area contributed by atoms with E-state index in [2.05, 4.69) is 20.4 Å². The SMILES string of the molecule is COC(=O)c1ccc(Nc2cncc(C(=O)Nc3ccc(Cl)cc3)c2)cc1. The molecule has 136 valence electrons. The second-order valence-corrected chi connectivity index (χ2v) is 6.05. The molecule has 0 spiro atoms. The number of ether oxygens (including phenoxy) is 1. The molecule has 0 saturated heterocycles. The summed E-state index contributed by atoms with van der Waals surface area (Å²) >= 11 is 5.84. The van der Waals surface area contributed by atoms with E-state index < -0.39 is 5.97 Å². The van der Waals surface area contributed by atoms with Crippen LogP contribution in [-0.4, -0.2) is 24.0 Å². The fourth-order valence-corrected chi connectivity index (χ4v) is 2.47. The molecule has 0 saturated carbocycles. The van der Waals surface area contributed by atoms with Crippen molar-refractivity contribution < 1.29 is 14.3 Å². The average Bonchev–Trinajstić information content (AvgIpc) is 2.70. The van der Waals surface area contributed by atoms with Crippen molar-refractivity contribution in [1.82, 2.24) is 4.98 Å². The number of benzene rings is 2. The largest absolute Gasteiger partial charge is 0.465 e. The molecule has 0 aliphatic heterocycles. The Bertz CT molecular complexity index is 957. The number of esters is 1. The van der Waals surface area contributed by atoms with Crippen molar-refractivity contribution in [3.05, 3.63) is 83.1 Å². The number of pyridine rings is 1. The summed E-state index contributed by atoms with van der Waals surface area (Å²) in [6.45, 7) is 0. The molecule has 2 aromatic carbocycles. The lowest BCUT2D eigenvalue weighted by Crippen LogP contribution is -2.12. The van der Waals surface area contributed by atoms with E-state index in [1.54, 1.807) is 60.8 Å². The molecule has 2 N–H and O–H groups in total. The normalized spacial score (nSPS) is 10.1. The van der Waals surface area contributed by atoms with Gasteiger partial charge in [0.05, 0.1) is 30.1 Å². The summed E-state index contributed by atoms with van der Waals surface area (Å²) in [7, 11) is 1.33. The number of carbonyl (C=O) groups is 2. The van der Waals surface area contributed by atoms with Gasteiger partial charge in [-0.25, -0.2) is 4.79 Å². The van der Waals surface area contributed by atoms with Crippen LogP contribution in [-0.2, 0) is 4.74 Å². The van der Waals surface area contributed by atoms with Gasteiger partial charge < -0.3 is 15.4 Å². The molecule has 0 aliphatic carbocycles. The van der Waals surface area contributed by atoms with Crippen molar-refractivity contribution in [3.63, 3.8) is 0 Å². The second kappa shape index (κ2) is 8.33. The van der Waals surface area contributed by atoms with Crippen LogP contribution in [0.5, 0.6) is 0 Å². The molecule has 3 aromatic rings. The molecule has 0 atom stereocenters. The summed E-state index contributed by atoms with van der Waals surface area (Å²) < 4.78 is 4.67. The summed E-state index contributed by atoms with van der Waals surface area (Å²) in [6, 6.07) is 15.3. The molecule has 7 heteroatoms. The van der Waals surface area contributed by atoms with Gasteiger partial charge in [-0.15, -0.1) is 0 Å². The predicted octanol–water partition coefficient (Wildman–Crippen LogP) is 4.52. The number of nitrogens with zero attached hydrogens (tertiary/aromatic N) is 1. The van der Waals surface area contributed by atoms with Crippen LogP contribution in [0.1, 0.15) is 20.7 Å². The van der Waals surface area contributed by atoms with Crippen LogP contribution >= 0.6 is 11.6 Å². The smallest absolute Gasteiger partial charge is 0.337 e. The van der Waals surface area contributed by atoms with E-state index in [1.807, 2.05) is 0 Å². The van der Waals surface area contributed by atoms with Crippen molar-refractivity contribution in [1.29, 1.82) is 0 Å². The Kier molecular flexibility index (Phi) is 5.68. The maximum atomic E-state index is 12.4. The van der Waals surface area contributed by atoms with Gasteiger partial charge in [-0.1, -0.05) is 11.6 Å². The molecule has 0 aliphatic rings. The van der Waals surface area contributed by atoms with Gasteiger partial charge in [0.1, 0.15) is 0 Å². The summed E-state index contributed by atoms with van der Waals surface area (Å²) in [5, 5.41) is 6.53. The number of rotatable bonds is 5. The van der Waals surface area contributed by atoms with E-state index in [0.29, 0.717) is 27.5 Å². The lowest BCUT2D eigenvalue weighted by atomic mass is 10.2. The molecular formula is C20H16ClN3O3. The average molecular weight is 382 g/mol. The molecule has 1 amide bonds. The number of halogens is 1. The summed E-state index contributed by atoms with van der Waals surface area (Å²) in [4.78, 5) is 28.0. The van der Waals surface area contributed by atoms with E-state index in [9.17, 15) is 9.59 Å². The van der Waals surface area contributed by atoms with Crippen LogP contribution in [0, 0.1) is 0 Å². The van der Waals surface area contributed by atoms with Gasteiger partial charge in [-0.05, 0) is 54.6 Å². The van der Waals surface area contributed by atoms with Crippen LogP contribution in [0.4, 0.5) is 17.1 Å². The van der Waals surface area contributed by atoms with Crippen LogP contribution in [0.2, 0.25) is 5.02 Å². The molecule has 0 bridgehead atoms. The Morgan fingerprint density at radius 3 is 2.22 bits per heavy atom. The van der Waals surface area contributed by atoms with Gasteiger partial charge in [0.2, 0.25) is 0 Å². The molecular weight excluding hydrogens is 366 g/mol. The van der Waals surface area contributed by atoms with E-state index >= 15 is 0 Å². The topological polar surface area (TPSA) is 80.3 Å². The monoisotopic (exact) mass is 381 g/mol. The third kappa shape index (κ3) is 4.83. The van der Waals surface area contributed by atoms with Crippen LogP contribution in [0.3, 0.4) is 0 Å². The molecule has 0 radical (unpaired) electrons. The van der Waals surface area contributed by atoms with Crippen molar-refractivity contribution >= 4 is 40.5 Å². The number of hydrogen-bond donors (Lipinski definition) is 2. The first kappa shape index (κ1) is 18.4. The van der Waals surface area contributed by atoms with Crippen LogP contribution in [0.25, 0.3) is 0 Å². The molecule has 6 nitrogen and oxygen atoms in total. The minimum Gasteiger partial charge on any atom is -0.465 e. The summed E-state index contributed by atoms with van der Waals surface area (Å²) in [6.07, 6.45) is 3.09. The minimum atomic E-state index is -0.399. The van der Waals surface area contributed by atoms with Gasteiger partial charge in [-0.2, -0.15) is 0 Å². The number of aromatic nitrogens is 1. The second-order valence-electron chi connectivity index (χ2n) is 5.62. The molecule has 0 fully saturated rings. The van der Waals surface area contributed by atoms with Gasteiger partial charge in [0.15, 0.2) is 0 Å². The third-order valence-electron chi connectivity index (χ3n) is 3.70. The highest BCUT2D eigenvalue weighted by Crippen LogP contribution is 2.19. The quantitative estimate of drug-likeness (QED) is 0.635. The first-order chi connectivity index (χ1) is 13.0. The number of nitrogens with one attached hydrogen (secondary N) is 2. The maximum absolute atomic E-state index is 12.4. The lowest BCUT2D eigenvalue weighted by molar-refractivity contribution is 0.0600. The summed E-state index contributed by atoms with van der Waals surface area (Å²) in [5.74, 6) is -0.682. The van der Waals surface area contributed by atoms with Gasteiger partial charge in [0, 0.05) is 22.6 Å². The Morgan fingerprint density at radius 1 is 0.889 bits per heavy atom. The molecule has 0 unspecified atom stereocenters. The fraction of sp³-hybridized carbons (Fsp3) is 0.0500. The molecule has 3 rings (SSSR count). The number of hydrogen-bond acceptors (Lipinski definition) is 5. The van der Waals surface area contributed by atoms with Crippen molar-refractivity contribution in [2.75, 3.05) is 17.7 Å². The zero-order valence-electron chi connectivity index (χ0n) is 14.4. The standard InChI is InChI=1S/C20H16ClN3O3/c1-27-20(26)13-2-6-16(7-3-13)23-18-10-14(11-22-12-18)19(25)24-17-8-4-15(21)5-9-17/h2-12,23H,1H3,(H,24,25). The predicted molar refractivity (Wildman–Crippen MR) is 105 cm³/mol. The highest BCUT2D eigenvalue weighted by atomic mass is 35.5. The first-order valence-corrected chi connectivity index (χ1v) is 8.40. The zero-order valence-corrected chi connectivity index (χ0v) is 15.2. The fourth-order valence-electron chi connectivity index (χ4n) is 2.34. The molecule has 27 heavy (non-hydrogen) atoms. The molecule has 1 heterocycles. The van der Waals surface area contributed by atoms with Crippen molar-refractivity contribution in [2.45, 2.75) is 0 Å². The Labute approximate surface area is 161 Å². The molecule has 1 aromatic heterocycles. The Hall–Kier alpha value is -3.38. The van der Waals surface area contributed by atoms with E-state index in [0.717, 1.165) is 5.69 Å². The van der Waals surface area contributed by atoms with Gasteiger partial charge in [0.25, 0.3) is 5.91 Å². The van der Waals surface area contributed by atoms with Gasteiger partial charge in [-0.3, -0.25) is 9.78 Å². The highest BCUT2D eigenvalue weighted by Gasteiger charge is 2.09. The first-order valence-electron chi connectivity index (χ1n) is 8.02. The minimum absolute atomic E-state index is 0.283. The lowest BCUT2D eigenvalue weighted by Gasteiger charge is -2.09. The highest BCUT2D eigenvalue weighted by molar-refractivity contribution is 6.30. The van der Waals surface area contributed by atoms with Crippen molar-refractivity contribution in [2.24, 2.45) is 0 Å². The Balaban J connectivity index is 1.70. The third-order valence-corrected chi connectivity index (χ3v) is 3.95. The number of anilines is 3. The van der Waals surface area contributed by atoms with E-state index in [4.69, 9.17) is 11.6 Å². The van der Waals surface area contributed by atoms with Crippen LogP contribution < -0.4 is 10.6 Å². The van der Waals surface area contributed by atoms with Crippen molar-refractivity contribution in [3.8, 4) is 0 Å². The van der Waals surface area contributed by atoms with Crippen LogP contribution in [0.15, 0.2) is 67.0 Å². The Morgan fingerprint density at radius 2 is 1.56 bits per heavy atom. The number of methoxy groups -OCH3 is 1. The van der Waals surface area contributed by atoms with E-state index in [-0.39, 0.29) is 5.91 Å². The summed E-state index contributed by atoms with van der Waals surface area (Å²) in [5.41, 5.74) is 2.89. The number of amides is 1. The number of carbonyl (C=O) groups excluding carboxylic acids is 2. The van der Waals surface area contributed by atoms with E-state index in [1.165, 1.54) is 13.3 Å². The zero-order chi connectivity index (χ0) is 19.2. The maximum Gasteiger partial charge on any atom is 0.337 e. The van der Waals surface area contributed by atoms with Gasteiger partial charge >= 0.3 is 5.97 Å².